The molecule has 0 bridgehead atoms. The van der Waals surface area contributed by atoms with Gasteiger partial charge < -0.3 is 11.1 Å². The van der Waals surface area contributed by atoms with E-state index >= 15 is 0 Å². The molecule has 0 radical (unpaired) electrons. The first-order chi connectivity index (χ1) is 12.0. The summed E-state index contributed by atoms with van der Waals surface area (Å²) >= 11 is 0. The third-order valence-electron chi connectivity index (χ3n) is 3.61. The Hall–Kier alpha value is -2.60. The summed E-state index contributed by atoms with van der Waals surface area (Å²) in [6.45, 7) is 5.66. The number of hydrogen-bond acceptors (Lipinski definition) is 5. The van der Waals surface area contributed by atoms with Crippen LogP contribution in [0, 0.1) is 5.41 Å². The number of carbonyl (C=O) groups excluding carboxylic acids is 2. The Kier molecular flexibility index (Phi) is 9.03. The molecule has 0 fully saturated rings. The van der Waals surface area contributed by atoms with E-state index < -0.39 is 0 Å². The Balaban J connectivity index is 0.000000324. The zero-order chi connectivity index (χ0) is 18.5. The first kappa shape index (κ1) is 20.4. The molecule has 2 aromatic rings. The highest BCUT2D eigenvalue weighted by molar-refractivity contribution is 5.92. The lowest BCUT2D eigenvalue weighted by atomic mass is 9.86. The number of nitrogens with zero attached hydrogens (tertiary/aromatic N) is 2. The topological polar surface area (TPSA) is 98.0 Å². The lowest BCUT2D eigenvalue weighted by molar-refractivity contribution is 0.0943. The van der Waals surface area contributed by atoms with E-state index in [0.717, 1.165) is 19.1 Å². The van der Waals surface area contributed by atoms with Gasteiger partial charge in [-0.15, -0.1) is 0 Å². The van der Waals surface area contributed by atoms with Crippen molar-refractivity contribution in [3.8, 4) is 0 Å². The van der Waals surface area contributed by atoms with Crippen LogP contribution in [-0.2, 0) is 0 Å². The summed E-state index contributed by atoms with van der Waals surface area (Å²) in [6.07, 6.45) is 5.81. The van der Waals surface area contributed by atoms with E-state index in [4.69, 9.17) is 5.73 Å². The molecule has 134 valence electrons. The fraction of sp³-hybridized carbons (Fsp3) is 0.368. The average molecular weight is 342 g/mol. The van der Waals surface area contributed by atoms with Gasteiger partial charge in [0.2, 0.25) is 0 Å². The lowest BCUT2D eigenvalue weighted by Crippen LogP contribution is -2.29. The number of amides is 1. The van der Waals surface area contributed by atoms with Crippen LogP contribution in [0.1, 0.15) is 47.7 Å². The van der Waals surface area contributed by atoms with Gasteiger partial charge in [-0.25, -0.2) is 0 Å². The van der Waals surface area contributed by atoms with Crippen molar-refractivity contribution < 1.29 is 9.59 Å². The third-order valence-corrected chi connectivity index (χ3v) is 3.61. The number of nitrogens with two attached hydrogens (primary N) is 1. The number of hydrogen-bond donors (Lipinski definition) is 2. The van der Waals surface area contributed by atoms with E-state index in [9.17, 15) is 9.59 Å². The smallest absolute Gasteiger partial charge is 0.269 e. The first-order valence-electron chi connectivity index (χ1n) is 8.24. The molecular formula is C19H26N4O2. The quantitative estimate of drug-likeness (QED) is 0.753. The van der Waals surface area contributed by atoms with Gasteiger partial charge >= 0.3 is 0 Å². The van der Waals surface area contributed by atoms with E-state index in [0.29, 0.717) is 24.5 Å². The third kappa shape index (κ3) is 8.72. The Morgan fingerprint density at radius 1 is 1.12 bits per heavy atom. The summed E-state index contributed by atoms with van der Waals surface area (Å²) in [4.78, 5) is 29.4. The number of nitrogens with one attached hydrogen (secondary N) is 1. The van der Waals surface area contributed by atoms with Crippen LogP contribution in [0.25, 0.3) is 0 Å². The Bertz CT molecular complexity index is 630. The molecule has 1 amide bonds. The van der Waals surface area contributed by atoms with E-state index in [1.165, 1.54) is 0 Å². The van der Waals surface area contributed by atoms with Crippen LogP contribution in [0.15, 0.2) is 48.8 Å². The number of carbonyl (C=O) groups is 2. The van der Waals surface area contributed by atoms with E-state index in [-0.39, 0.29) is 11.3 Å². The molecule has 2 rings (SSSR count). The van der Waals surface area contributed by atoms with Crippen LogP contribution in [0.5, 0.6) is 0 Å². The van der Waals surface area contributed by atoms with Crippen molar-refractivity contribution in [3.63, 3.8) is 0 Å². The van der Waals surface area contributed by atoms with E-state index in [2.05, 4.69) is 29.1 Å². The van der Waals surface area contributed by atoms with Gasteiger partial charge in [0.1, 0.15) is 11.4 Å². The van der Waals surface area contributed by atoms with Gasteiger partial charge in [-0.05, 0) is 49.1 Å². The molecule has 2 aromatic heterocycles. The largest absolute Gasteiger partial charge is 0.351 e. The van der Waals surface area contributed by atoms with Crippen molar-refractivity contribution in [1.82, 2.24) is 15.3 Å². The molecule has 0 aliphatic carbocycles. The molecule has 0 saturated carbocycles. The van der Waals surface area contributed by atoms with Crippen LogP contribution in [0.4, 0.5) is 0 Å². The minimum atomic E-state index is -0.117. The maximum Gasteiger partial charge on any atom is 0.269 e. The second-order valence-electron chi connectivity index (χ2n) is 6.30. The number of pyridine rings is 2. The van der Waals surface area contributed by atoms with Gasteiger partial charge in [-0.1, -0.05) is 26.0 Å². The van der Waals surface area contributed by atoms with Gasteiger partial charge in [0.05, 0.1) is 0 Å². The molecule has 0 unspecified atom stereocenters. The van der Waals surface area contributed by atoms with Crippen molar-refractivity contribution in [1.29, 1.82) is 0 Å². The molecule has 3 N–H and O–H groups in total. The zero-order valence-corrected chi connectivity index (χ0v) is 14.8. The summed E-state index contributed by atoms with van der Waals surface area (Å²) in [5.74, 6) is -0.117. The maximum absolute atomic E-state index is 11.7. The Morgan fingerprint density at radius 3 is 2.28 bits per heavy atom. The molecule has 0 spiro atoms. The van der Waals surface area contributed by atoms with Crippen LogP contribution in [-0.4, -0.2) is 35.3 Å². The van der Waals surface area contributed by atoms with Crippen molar-refractivity contribution in [2.24, 2.45) is 11.1 Å². The average Bonchev–Trinajstić information content (AvgIpc) is 2.63. The molecule has 0 aliphatic rings. The minimum absolute atomic E-state index is 0.117. The number of aldehydes is 1. The van der Waals surface area contributed by atoms with Gasteiger partial charge in [0.15, 0.2) is 6.29 Å². The maximum atomic E-state index is 11.7. The predicted octanol–water partition coefficient (Wildman–Crippen LogP) is 2.47. The first-order valence-corrected chi connectivity index (χ1v) is 8.24. The second kappa shape index (κ2) is 11.0. The van der Waals surface area contributed by atoms with Crippen molar-refractivity contribution >= 4 is 12.2 Å². The van der Waals surface area contributed by atoms with Crippen LogP contribution in [0.3, 0.4) is 0 Å². The Labute approximate surface area is 148 Å². The standard InChI is InChI=1S/C13H21N3O.C6H5NO/c1-13(2,6-8-14)7-10-16-12(17)11-5-3-4-9-15-11;8-5-6-3-1-2-4-7-6/h3-5,9H,6-8,10,14H2,1-2H3,(H,16,17);1-5H. The summed E-state index contributed by atoms with van der Waals surface area (Å²) in [7, 11) is 0. The van der Waals surface area contributed by atoms with Crippen molar-refractivity contribution in [2.45, 2.75) is 26.7 Å². The highest BCUT2D eigenvalue weighted by atomic mass is 16.1. The summed E-state index contributed by atoms with van der Waals surface area (Å²) < 4.78 is 0. The fourth-order valence-electron chi connectivity index (χ4n) is 2.06. The molecule has 2 heterocycles. The van der Waals surface area contributed by atoms with Crippen molar-refractivity contribution in [2.75, 3.05) is 13.1 Å². The fourth-order valence-corrected chi connectivity index (χ4v) is 2.06. The normalized spacial score (nSPS) is 10.4. The van der Waals surface area contributed by atoms with Crippen LogP contribution < -0.4 is 11.1 Å². The van der Waals surface area contributed by atoms with E-state index in [1.807, 2.05) is 0 Å². The lowest BCUT2D eigenvalue weighted by Gasteiger charge is -2.23. The molecule has 0 aliphatic heterocycles. The minimum Gasteiger partial charge on any atom is -0.351 e. The summed E-state index contributed by atoms with van der Waals surface area (Å²) in [6, 6.07) is 10.5. The summed E-state index contributed by atoms with van der Waals surface area (Å²) in [5, 5.41) is 2.87. The summed E-state index contributed by atoms with van der Waals surface area (Å²) in [5.41, 5.74) is 6.65. The molecular weight excluding hydrogens is 316 g/mol. The van der Waals surface area contributed by atoms with Gasteiger partial charge in [-0.3, -0.25) is 19.6 Å². The number of aromatic nitrogens is 2. The molecule has 25 heavy (non-hydrogen) atoms. The predicted molar refractivity (Wildman–Crippen MR) is 98.3 cm³/mol. The second-order valence-corrected chi connectivity index (χ2v) is 6.30. The van der Waals surface area contributed by atoms with Gasteiger partial charge in [-0.2, -0.15) is 0 Å². The van der Waals surface area contributed by atoms with Gasteiger partial charge in [0.25, 0.3) is 5.91 Å². The van der Waals surface area contributed by atoms with Crippen LogP contribution in [0.2, 0.25) is 0 Å². The van der Waals surface area contributed by atoms with Crippen LogP contribution >= 0.6 is 0 Å². The highest BCUT2D eigenvalue weighted by Gasteiger charge is 2.16. The number of rotatable bonds is 7. The molecule has 6 heteroatoms. The molecule has 0 atom stereocenters. The van der Waals surface area contributed by atoms with E-state index in [1.54, 1.807) is 48.8 Å². The molecule has 0 saturated heterocycles. The molecule has 6 nitrogen and oxygen atoms in total. The highest BCUT2D eigenvalue weighted by Crippen LogP contribution is 2.23. The SMILES string of the molecule is CC(C)(CCN)CCNC(=O)c1ccccn1.O=Cc1ccccn1. The monoisotopic (exact) mass is 342 g/mol. The zero-order valence-electron chi connectivity index (χ0n) is 14.8. The Morgan fingerprint density at radius 2 is 1.80 bits per heavy atom. The van der Waals surface area contributed by atoms with Gasteiger partial charge in [0, 0.05) is 18.9 Å². The van der Waals surface area contributed by atoms with Crippen molar-refractivity contribution in [3.05, 3.63) is 60.2 Å². The molecule has 0 aromatic carbocycles.